The maximum Gasteiger partial charge on any atom is 0.0772 e. The minimum absolute atomic E-state index is 0.0677. The van der Waals surface area contributed by atoms with E-state index in [9.17, 15) is 0 Å². The van der Waals surface area contributed by atoms with Crippen LogP contribution in [0.15, 0.2) is 59.8 Å². The van der Waals surface area contributed by atoms with Gasteiger partial charge < -0.3 is 0 Å². The summed E-state index contributed by atoms with van der Waals surface area (Å²) in [7, 11) is -0.947. The predicted octanol–water partition coefficient (Wildman–Crippen LogP) is 4.81. The van der Waals surface area contributed by atoms with Crippen LogP contribution in [0.25, 0.3) is 5.57 Å². The SMILES string of the molecule is C[SiH](C)C1=C(c2ccccc2)c2ccccc2C1Cl. The number of alkyl halides is 1. The summed E-state index contributed by atoms with van der Waals surface area (Å²) in [4.78, 5) is 0. The summed E-state index contributed by atoms with van der Waals surface area (Å²) in [6, 6.07) is 19.2. The molecule has 0 aromatic heterocycles. The molecule has 0 radical (unpaired) electrons. The van der Waals surface area contributed by atoms with Crippen LogP contribution in [0.4, 0.5) is 0 Å². The van der Waals surface area contributed by atoms with Crippen molar-refractivity contribution in [2.75, 3.05) is 0 Å². The first-order valence-electron chi connectivity index (χ1n) is 6.73. The number of allylic oxidation sites excluding steroid dienone is 1. The molecule has 0 N–H and O–H groups in total. The first kappa shape index (κ1) is 12.7. The molecular weight excluding hydrogens is 268 g/mol. The van der Waals surface area contributed by atoms with Gasteiger partial charge in [-0.25, -0.2) is 0 Å². The molecule has 2 aromatic rings. The summed E-state index contributed by atoms with van der Waals surface area (Å²) < 4.78 is 0. The van der Waals surface area contributed by atoms with Crippen LogP contribution >= 0.6 is 11.6 Å². The number of hydrogen-bond acceptors (Lipinski definition) is 0. The van der Waals surface area contributed by atoms with Crippen LogP contribution in [0.5, 0.6) is 0 Å². The Morgan fingerprint density at radius 3 is 2.21 bits per heavy atom. The summed E-state index contributed by atoms with van der Waals surface area (Å²) in [5.74, 6) is 0. The van der Waals surface area contributed by atoms with E-state index in [0.29, 0.717) is 0 Å². The maximum absolute atomic E-state index is 6.73. The van der Waals surface area contributed by atoms with Crippen molar-refractivity contribution >= 4 is 26.0 Å². The lowest BCUT2D eigenvalue weighted by Gasteiger charge is -2.14. The lowest BCUT2D eigenvalue weighted by atomic mass is 9.99. The second-order valence-corrected chi connectivity index (χ2v) is 8.67. The van der Waals surface area contributed by atoms with Gasteiger partial charge in [-0.05, 0) is 22.3 Å². The molecule has 19 heavy (non-hydrogen) atoms. The molecule has 0 bridgehead atoms. The van der Waals surface area contributed by atoms with E-state index in [4.69, 9.17) is 11.6 Å². The van der Waals surface area contributed by atoms with Crippen molar-refractivity contribution in [2.45, 2.75) is 18.5 Å². The highest BCUT2D eigenvalue weighted by Crippen LogP contribution is 2.47. The van der Waals surface area contributed by atoms with Crippen LogP contribution in [0.3, 0.4) is 0 Å². The summed E-state index contributed by atoms with van der Waals surface area (Å²) in [6.07, 6.45) is 0. The van der Waals surface area contributed by atoms with E-state index in [0.717, 1.165) is 0 Å². The van der Waals surface area contributed by atoms with Gasteiger partial charge in [0.15, 0.2) is 0 Å². The Hall–Kier alpha value is -1.31. The average molecular weight is 285 g/mol. The van der Waals surface area contributed by atoms with Crippen molar-refractivity contribution < 1.29 is 0 Å². The Kier molecular flexibility index (Phi) is 3.34. The molecule has 0 amide bonds. The van der Waals surface area contributed by atoms with Gasteiger partial charge in [0.25, 0.3) is 0 Å². The zero-order valence-electron chi connectivity index (χ0n) is 11.2. The molecule has 3 rings (SSSR count). The third kappa shape index (κ3) is 2.07. The van der Waals surface area contributed by atoms with Crippen molar-refractivity contribution in [3.8, 4) is 0 Å². The van der Waals surface area contributed by atoms with Gasteiger partial charge in [-0.3, -0.25) is 0 Å². The molecule has 1 unspecified atom stereocenters. The highest BCUT2D eigenvalue weighted by molar-refractivity contribution is 6.67. The van der Waals surface area contributed by atoms with Crippen LogP contribution in [0, 0.1) is 0 Å². The van der Waals surface area contributed by atoms with Crippen molar-refractivity contribution in [3.05, 3.63) is 76.5 Å². The van der Waals surface area contributed by atoms with Crippen LogP contribution in [-0.2, 0) is 0 Å². The number of rotatable bonds is 2. The second kappa shape index (κ2) is 4.99. The van der Waals surface area contributed by atoms with Gasteiger partial charge in [-0.1, -0.05) is 72.9 Å². The number of hydrogen-bond donors (Lipinski definition) is 0. The zero-order chi connectivity index (χ0) is 13.4. The van der Waals surface area contributed by atoms with Crippen molar-refractivity contribution in [3.63, 3.8) is 0 Å². The van der Waals surface area contributed by atoms with Crippen LogP contribution in [-0.4, -0.2) is 8.80 Å². The van der Waals surface area contributed by atoms with Gasteiger partial charge in [0, 0.05) is 0 Å². The zero-order valence-corrected chi connectivity index (χ0v) is 13.1. The van der Waals surface area contributed by atoms with Gasteiger partial charge in [0.1, 0.15) is 0 Å². The van der Waals surface area contributed by atoms with Gasteiger partial charge in [-0.2, -0.15) is 0 Å². The molecule has 2 heteroatoms. The Morgan fingerprint density at radius 2 is 1.53 bits per heavy atom. The van der Waals surface area contributed by atoms with E-state index in [1.807, 2.05) is 0 Å². The molecule has 1 aliphatic carbocycles. The minimum atomic E-state index is -0.947. The monoisotopic (exact) mass is 284 g/mol. The first-order chi connectivity index (χ1) is 9.20. The molecule has 0 saturated carbocycles. The van der Waals surface area contributed by atoms with E-state index >= 15 is 0 Å². The predicted molar refractivity (Wildman–Crippen MR) is 86.4 cm³/mol. The van der Waals surface area contributed by atoms with E-state index in [1.54, 1.807) is 0 Å². The Morgan fingerprint density at radius 1 is 0.895 bits per heavy atom. The number of halogens is 1. The van der Waals surface area contributed by atoms with Crippen LogP contribution < -0.4 is 0 Å². The van der Waals surface area contributed by atoms with Gasteiger partial charge in [0.2, 0.25) is 0 Å². The maximum atomic E-state index is 6.73. The molecule has 0 saturated heterocycles. The normalized spacial score (nSPS) is 18.0. The molecular formula is C17H17ClSi. The van der Waals surface area contributed by atoms with E-state index < -0.39 is 8.80 Å². The Balaban J connectivity index is 2.27. The van der Waals surface area contributed by atoms with E-state index in [-0.39, 0.29) is 5.38 Å². The fourth-order valence-corrected chi connectivity index (χ4v) is 5.62. The molecule has 0 nitrogen and oxygen atoms in total. The van der Waals surface area contributed by atoms with Gasteiger partial charge >= 0.3 is 0 Å². The van der Waals surface area contributed by atoms with Crippen LogP contribution in [0.2, 0.25) is 13.1 Å². The topological polar surface area (TPSA) is 0 Å². The lowest BCUT2D eigenvalue weighted by molar-refractivity contribution is 1.21. The van der Waals surface area contributed by atoms with Gasteiger partial charge in [0.05, 0.1) is 14.2 Å². The molecule has 0 aliphatic heterocycles. The fourth-order valence-electron chi connectivity index (χ4n) is 2.90. The summed E-state index contributed by atoms with van der Waals surface area (Å²) in [5, 5.41) is 1.55. The molecule has 0 heterocycles. The summed E-state index contributed by atoms with van der Waals surface area (Å²) in [5.41, 5.74) is 5.29. The standard InChI is InChI=1S/C17H17ClSi/c1-19(2)17-15(12-8-4-3-5-9-12)13-10-6-7-11-14(13)16(17)18/h3-11,16,19H,1-2H3. The molecule has 1 aliphatic rings. The minimum Gasteiger partial charge on any atom is -0.113 e. The molecule has 96 valence electrons. The first-order valence-corrected chi connectivity index (χ1v) is 10.1. The second-order valence-electron chi connectivity index (χ2n) is 5.30. The largest absolute Gasteiger partial charge is 0.113 e. The summed E-state index contributed by atoms with van der Waals surface area (Å²) >= 11 is 6.73. The quantitative estimate of drug-likeness (QED) is 0.548. The lowest BCUT2D eigenvalue weighted by Crippen LogP contribution is -2.09. The number of benzene rings is 2. The fraction of sp³-hybridized carbons (Fsp3) is 0.176. The molecule has 0 spiro atoms. The number of fused-ring (bicyclic) bond motifs is 1. The third-order valence-electron chi connectivity index (χ3n) is 3.75. The highest BCUT2D eigenvalue weighted by atomic mass is 35.5. The highest BCUT2D eigenvalue weighted by Gasteiger charge is 2.31. The van der Waals surface area contributed by atoms with Crippen molar-refractivity contribution in [1.82, 2.24) is 0 Å². The van der Waals surface area contributed by atoms with Crippen molar-refractivity contribution in [1.29, 1.82) is 0 Å². The molecule has 1 atom stereocenters. The average Bonchev–Trinajstić information content (AvgIpc) is 2.74. The Labute approximate surface area is 121 Å². The van der Waals surface area contributed by atoms with Crippen molar-refractivity contribution in [2.24, 2.45) is 0 Å². The summed E-state index contributed by atoms with van der Waals surface area (Å²) in [6.45, 7) is 4.72. The van der Waals surface area contributed by atoms with Gasteiger partial charge in [-0.15, -0.1) is 11.6 Å². The third-order valence-corrected chi connectivity index (χ3v) is 6.30. The molecule has 0 fully saturated rings. The Bertz CT molecular complexity index is 629. The smallest absolute Gasteiger partial charge is 0.0772 e. The van der Waals surface area contributed by atoms with E-state index in [1.165, 1.54) is 27.5 Å². The molecule has 2 aromatic carbocycles. The van der Waals surface area contributed by atoms with Crippen LogP contribution in [0.1, 0.15) is 22.1 Å². The van der Waals surface area contributed by atoms with E-state index in [2.05, 4.69) is 67.7 Å².